The lowest BCUT2D eigenvalue weighted by atomic mass is 10.1. The molecule has 0 spiro atoms. The van der Waals surface area contributed by atoms with Gasteiger partial charge < -0.3 is 34.4 Å². The van der Waals surface area contributed by atoms with Crippen LogP contribution in [-0.2, 0) is 9.47 Å². The maximum absolute atomic E-state index is 13.5. The lowest BCUT2D eigenvalue weighted by molar-refractivity contribution is 0.0240. The normalized spacial score (nSPS) is 17.6. The van der Waals surface area contributed by atoms with Crippen molar-refractivity contribution in [3.63, 3.8) is 0 Å². The number of fused-ring (bicyclic) bond motifs is 1. The van der Waals surface area contributed by atoms with Gasteiger partial charge in [0.05, 0.1) is 29.2 Å². The fourth-order valence-electron chi connectivity index (χ4n) is 6.65. The molecular formula is C33H44BrN9O5. The Morgan fingerprint density at radius 1 is 0.917 bits per heavy atom. The van der Waals surface area contributed by atoms with Crippen molar-refractivity contribution in [2.75, 3.05) is 74.6 Å². The molecule has 5 heterocycles. The molecule has 0 aromatic carbocycles. The third-order valence-electron chi connectivity index (χ3n) is 9.26. The van der Waals surface area contributed by atoms with Gasteiger partial charge in [0.25, 0.3) is 5.56 Å². The van der Waals surface area contributed by atoms with Gasteiger partial charge in [-0.2, -0.15) is 4.98 Å². The van der Waals surface area contributed by atoms with E-state index in [1.165, 1.54) is 7.11 Å². The minimum Gasteiger partial charge on any atom is -0.453 e. The number of carbonyl (C=O) groups is 2. The van der Waals surface area contributed by atoms with Crippen LogP contribution in [0.25, 0.3) is 11.0 Å². The topological polar surface area (TPSA) is 138 Å². The molecule has 1 saturated carbocycles. The first-order chi connectivity index (χ1) is 22.9. The molecule has 3 fully saturated rings. The number of rotatable bonds is 5. The van der Waals surface area contributed by atoms with Crippen molar-refractivity contribution in [3.05, 3.63) is 38.9 Å². The Kier molecular flexibility index (Phi) is 9.68. The molecule has 1 N–H and O–H groups in total. The van der Waals surface area contributed by atoms with E-state index in [1.807, 2.05) is 38.5 Å². The Bertz CT molecular complexity index is 1740. The van der Waals surface area contributed by atoms with Gasteiger partial charge in [0.15, 0.2) is 5.82 Å². The number of aromatic nitrogens is 4. The number of aryl methyl sites for hydroxylation is 1. The lowest BCUT2D eigenvalue weighted by Gasteiger charge is -2.38. The fraction of sp³-hybridized carbons (Fsp3) is 0.576. The van der Waals surface area contributed by atoms with Gasteiger partial charge in [0.1, 0.15) is 11.2 Å². The fourth-order valence-corrected chi connectivity index (χ4v) is 7.06. The molecule has 3 aromatic rings. The predicted molar refractivity (Wildman–Crippen MR) is 187 cm³/mol. The third kappa shape index (κ3) is 7.01. The largest absolute Gasteiger partial charge is 0.453 e. The molecule has 2 saturated heterocycles. The highest BCUT2D eigenvalue weighted by Gasteiger charge is 2.29. The summed E-state index contributed by atoms with van der Waals surface area (Å²) in [4.78, 5) is 60.6. The van der Waals surface area contributed by atoms with Gasteiger partial charge in [0, 0.05) is 70.0 Å². The van der Waals surface area contributed by atoms with Crippen LogP contribution >= 0.6 is 15.9 Å². The Morgan fingerprint density at radius 2 is 1.54 bits per heavy atom. The molecule has 0 radical (unpaired) electrons. The molecule has 258 valence electrons. The van der Waals surface area contributed by atoms with Crippen molar-refractivity contribution in [2.24, 2.45) is 0 Å². The lowest BCUT2D eigenvalue weighted by Crippen LogP contribution is -2.50. The molecule has 2 aliphatic heterocycles. The number of nitrogens with one attached hydrogen (secondary N) is 1. The molecular weight excluding hydrogens is 682 g/mol. The number of pyridine rings is 2. The SMILES string of the molecule is COC(=O)N1CCN(c2cc(N3CCN(C(=O)OC(C)(C)C)CC3)cnc2Nc2ncc3c(C)c(Br)c(=O)n(C4CCCC4)c3n2)CC1. The van der Waals surface area contributed by atoms with Gasteiger partial charge in [-0.05, 0) is 68.1 Å². The van der Waals surface area contributed by atoms with Crippen LogP contribution < -0.4 is 20.7 Å². The van der Waals surface area contributed by atoms with Gasteiger partial charge in [0.2, 0.25) is 5.95 Å². The first-order valence-electron chi connectivity index (χ1n) is 16.6. The number of amides is 2. The van der Waals surface area contributed by atoms with Crippen LogP contribution in [0, 0.1) is 6.92 Å². The molecule has 14 nitrogen and oxygen atoms in total. The highest BCUT2D eigenvalue weighted by Crippen LogP contribution is 2.35. The summed E-state index contributed by atoms with van der Waals surface area (Å²) in [7, 11) is 1.39. The van der Waals surface area contributed by atoms with Crippen LogP contribution in [0.2, 0.25) is 0 Å². The van der Waals surface area contributed by atoms with Crippen molar-refractivity contribution in [3.8, 4) is 0 Å². The van der Waals surface area contributed by atoms with E-state index in [2.05, 4.69) is 42.1 Å². The van der Waals surface area contributed by atoms with E-state index in [0.717, 1.165) is 48.0 Å². The number of hydrogen-bond donors (Lipinski definition) is 1. The predicted octanol–water partition coefficient (Wildman–Crippen LogP) is 5.06. The molecule has 0 atom stereocenters. The Balaban J connectivity index is 1.30. The number of nitrogens with zero attached hydrogens (tertiary/aromatic N) is 8. The highest BCUT2D eigenvalue weighted by atomic mass is 79.9. The highest BCUT2D eigenvalue weighted by molar-refractivity contribution is 9.10. The van der Waals surface area contributed by atoms with E-state index in [0.29, 0.717) is 74.2 Å². The number of methoxy groups -OCH3 is 1. The molecule has 0 unspecified atom stereocenters. The van der Waals surface area contributed by atoms with E-state index in [-0.39, 0.29) is 23.8 Å². The first-order valence-corrected chi connectivity index (χ1v) is 17.4. The molecule has 48 heavy (non-hydrogen) atoms. The Morgan fingerprint density at radius 3 is 2.17 bits per heavy atom. The average Bonchev–Trinajstić information content (AvgIpc) is 3.61. The van der Waals surface area contributed by atoms with E-state index < -0.39 is 5.60 Å². The first kappa shape index (κ1) is 33.7. The maximum atomic E-state index is 13.5. The molecule has 3 aliphatic rings. The summed E-state index contributed by atoms with van der Waals surface area (Å²) in [6.07, 6.45) is 6.97. The average molecular weight is 727 g/mol. The monoisotopic (exact) mass is 725 g/mol. The van der Waals surface area contributed by atoms with Gasteiger partial charge in [-0.25, -0.2) is 19.6 Å². The summed E-state index contributed by atoms with van der Waals surface area (Å²) in [5, 5.41) is 4.18. The summed E-state index contributed by atoms with van der Waals surface area (Å²) in [5.41, 5.74) is 2.56. The van der Waals surface area contributed by atoms with Gasteiger partial charge >= 0.3 is 12.2 Å². The van der Waals surface area contributed by atoms with Crippen molar-refractivity contribution in [1.29, 1.82) is 0 Å². The third-order valence-corrected chi connectivity index (χ3v) is 10.2. The zero-order valence-electron chi connectivity index (χ0n) is 28.3. The zero-order valence-corrected chi connectivity index (χ0v) is 29.9. The maximum Gasteiger partial charge on any atom is 0.410 e. The van der Waals surface area contributed by atoms with Crippen LogP contribution in [0.1, 0.15) is 58.1 Å². The van der Waals surface area contributed by atoms with E-state index in [1.54, 1.807) is 16.0 Å². The number of carbonyl (C=O) groups excluding carboxylic acids is 2. The number of hydrogen-bond acceptors (Lipinski definition) is 11. The quantitative estimate of drug-likeness (QED) is 0.378. The van der Waals surface area contributed by atoms with Crippen molar-refractivity contribution in [1.82, 2.24) is 29.3 Å². The van der Waals surface area contributed by atoms with Gasteiger partial charge in [-0.1, -0.05) is 12.8 Å². The van der Waals surface area contributed by atoms with Crippen LogP contribution in [0.15, 0.2) is 27.7 Å². The van der Waals surface area contributed by atoms with E-state index >= 15 is 0 Å². The molecule has 15 heteroatoms. The Labute approximate surface area is 288 Å². The number of piperazine rings is 2. The van der Waals surface area contributed by atoms with Crippen molar-refractivity contribution in [2.45, 2.75) is 65.0 Å². The summed E-state index contributed by atoms with van der Waals surface area (Å²) in [6, 6.07) is 2.18. The van der Waals surface area contributed by atoms with Crippen LogP contribution in [0.3, 0.4) is 0 Å². The second kappa shape index (κ2) is 13.8. The zero-order chi connectivity index (χ0) is 34.2. The Hall–Kier alpha value is -4.14. The second-order valence-electron chi connectivity index (χ2n) is 13.6. The van der Waals surface area contributed by atoms with Crippen molar-refractivity contribution >= 4 is 62.3 Å². The molecule has 0 bridgehead atoms. The van der Waals surface area contributed by atoms with Gasteiger partial charge in [-0.15, -0.1) is 0 Å². The number of anilines is 4. The number of ether oxygens (including phenoxy) is 2. The smallest absolute Gasteiger partial charge is 0.410 e. The second-order valence-corrected chi connectivity index (χ2v) is 14.4. The molecule has 3 aromatic heterocycles. The van der Waals surface area contributed by atoms with Gasteiger partial charge in [-0.3, -0.25) is 9.36 Å². The number of halogens is 1. The molecule has 6 rings (SSSR count). The summed E-state index contributed by atoms with van der Waals surface area (Å²) < 4.78 is 12.9. The summed E-state index contributed by atoms with van der Waals surface area (Å²) in [6.45, 7) is 12.0. The minimum atomic E-state index is -0.549. The summed E-state index contributed by atoms with van der Waals surface area (Å²) in [5.74, 6) is 0.914. The van der Waals surface area contributed by atoms with Crippen LogP contribution in [0.4, 0.5) is 32.7 Å². The minimum absolute atomic E-state index is 0.0741. The van der Waals surface area contributed by atoms with Crippen molar-refractivity contribution < 1.29 is 19.1 Å². The van der Waals surface area contributed by atoms with E-state index in [4.69, 9.17) is 19.4 Å². The molecule has 2 amide bonds. The molecule has 1 aliphatic carbocycles. The van der Waals surface area contributed by atoms with Crippen LogP contribution in [-0.4, -0.2) is 107 Å². The standard InChI is InChI=1S/C33H44BrN9O5/c1-21-24-20-36-30(38-28(24)43(29(44)26(21)34)22-8-6-7-9-22)37-27-25(40-12-16-41(17-13-40)31(45)47-5)18-23(19-35-27)39-10-14-42(15-11-39)32(46)48-33(2,3)4/h18-20,22H,6-17H2,1-5H3,(H,35,36,37,38). The summed E-state index contributed by atoms with van der Waals surface area (Å²) >= 11 is 3.52. The van der Waals surface area contributed by atoms with E-state index in [9.17, 15) is 14.4 Å². The van der Waals surface area contributed by atoms with Crippen LogP contribution in [0.5, 0.6) is 0 Å².